The number of nitro benzene ring substituents is 1. The van der Waals surface area contributed by atoms with Crippen LogP contribution in [0.4, 0.5) is 5.69 Å². The number of aromatic nitrogens is 2. The number of halogens is 1. The Hall–Kier alpha value is -3.54. The number of benzene rings is 2. The van der Waals surface area contributed by atoms with E-state index in [1.54, 1.807) is 24.3 Å². The lowest BCUT2D eigenvalue weighted by Crippen LogP contribution is -1.89. The highest BCUT2D eigenvalue weighted by molar-refractivity contribution is 8.03. The Kier molecular flexibility index (Phi) is 5.08. The van der Waals surface area contributed by atoms with Crippen LogP contribution in [-0.2, 0) is 0 Å². The number of para-hydroxylation sites is 2. The summed E-state index contributed by atoms with van der Waals surface area (Å²) >= 11 is 7.04. The van der Waals surface area contributed by atoms with Crippen LogP contribution in [0.3, 0.4) is 0 Å². The van der Waals surface area contributed by atoms with Crippen LogP contribution in [-0.4, -0.2) is 14.9 Å². The number of nitriles is 1. The van der Waals surface area contributed by atoms with E-state index in [1.807, 2.05) is 24.3 Å². The van der Waals surface area contributed by atoms with Crippen molar-refractivity contribution in [2.24, 2.45) is 0 Å². The highest BCUT2D eigenvalue weighted by Gasteiger charge is 2.15. The minimum atomic E-state index is -0.548. The number of hydrogen-bond donors (Lipinski definition) is 1. The third-order valence-corrected chi connectivity index (χ3v) is 5.15. The maximum Gasteiger partial charge on any atom is 0.288 e. The first kappa shape index (κ1) is 18.8. The fraction of sp³-hybridized carbons (Fsp3) is 0. The van der Waals surface area contributed by atoms with Gasteiger partial charge in [-0.15, -0.1) is 0 Å². The molecule has 2 aromatic heterocycles. The molecule has 1 N–H and O–H groups in total. The zero-order valence-electron chi connectivity index (χ0n) is 14.6. The molecule has 0 aliphatic carbocycles. The van der Waals surface area contributed by atoms with E-state index in [0.717, 1.165) is 11.0 Å². The summed E-state index contributed by atoms with van der Waals surface area (Å²) in [7, 11) is 0. The van der Waals surface area contributed by atoms with E-state index < -0.39 is 4.92 Å². The molecule has 0 atom stereocenters. The van der Waals surface area contributed by atoms with Crippen molar-refractivity contribution in [3.8, 4) is 17.4 Å². The Labute approximate surface area is 173 Å². The summed E-state index contributed by atoms with van der Waals surface area (Å²) in [5, 5.41) is 21.2. The molecule has 0 radical (unpaired) electrons. The molecule has 0 saturated carbocycles. The predicted molar refractivity (Wildman–Crippen MR) is 111 cm³/mol. The Morgan fingerprint density at radius 2 is 2.10 bits per heavy atom. The molecule has 0 aliphatic rings. The smallest absolute Gasteiger partial charge is 0.288 e. The molecule has 0 unspecified atom stereocenters. The van der Waals surface area contributed by atoms with Gasteiger partial charge in [-0.05, 0) is 48.2 Å². The maximum atomic E-state index is 11.1. The Balaban J connectivity index is 1.59. The molecule has 0 amide bonds. The van der Waals surface area contributed by atoms with Gasteiger partial charge >= 0.3 is 0 Å². The Morgan fingerprint density at radius 3 is 2.86 bits per heavy atom. The Morgan fingerprint density at radius 1 is 1.28 bits per heavy atom. The lowest BCUT2D eigenvalue weighted by molar-refractivity contribution is -0.384. The molecular formula is C20H11ClN4O3S. The summed E-state index contributed by atoms with van der Waals surface area (Å²) < 4.78 is 5.74. The highest BCUT2D eigenvalue weighted by Crippen LogP contribution is 2.33. The molecule has 0 fully saturated rings. The predicted octanol–water partition coefficient (Wildman–Crippen LogP) is 6.04. The van der Waals surface area contributed by atoms with E-state index in [1.165, 1.54) is 23.9 Å². The van der Waals surface area contributed by atoms with Crippen LogP contribution in [0.15, 0.2) is 69.1 Å². The van der Waals surface area contributed by atoms with Crippen molar-refractivity contribution < 1.29 is 9.34 Å². The molecule has 0 aliphatic heterocycles. The van der Waals surface area contributed by atoms with E-state index in [9.17, 15) is 15.4 Å². The van der Waals surface area contributed by atoms with Crippen molar-refractivity contribution in [2.75, 3.05) is 0 Å². The van der Waals surface area contributed by atoms with Crippen LogP contribution in [0, 0.1) is 21.4 Å². The summed E-state index contributed by atoms with van der Waals surface area (Å²) in [6, 6.07) is 17.5. The van der Waals surface area contributed by atoms with Crippen LogP contribution < -0.4 is 0 Å². The second-order valence-corrected chi connectivity index (χ2v) is 7.34. The van der Waals surface area contributed by atoms with E-state index >= 15 is 0 Å². The molecule has 7 nitrogen and oxygen atoms in total. The number of aromatic amines is 1. The number of H-pyrrole nitrogens is 1. The zero-order valence-corrected chi connectivity index (χ0v) is 16.2. The number of imidazole rings is 1. The van der Waals surface area contributed by atoms with Crippen LogP contribution in [0.5, 0.6) is 0 Å². The van der Waals surface area contributed by atoms with Gasteiger partial charge in [-0.3, -0.25) is 10.1 Å². The first-order chi connectivity index (χ1) is 14.0. The van der Waals surface area contributed by atoms with Gasteiger partial charge in [0.15, 0.2) is 5.16 Å². The minimum Gasteiger partial charge on any atom is -0.457 e. The zero-order chi connectivity index (χ0) is 20.4. The summed E-state index contributed by atoms with van der Waals surface area (Å²) in [5.41, 5.74) is 2.02. The molecule has 142 valence electrons. The van der Waals surface area contributed by atoms with Crippen LogP contribution in [0.2, 0.25) is 5.02 Å². The standard InChI is InChI=1S/C20H11ClN4O3S/c21-15-7-5-12(9-18(15)25(26)27)19-8-6-13(28-19)10-14(11-22)29-20-23-16-3-1-2-4-17(16)24-20/h1-10H,(H,23,24)/b14-10+. The number of thioether (sulfide) groups is 1. The quantitative estimate of drug-likeness (QED) is 0.182. The molecule has 2 aromatic carbocycles. The lowest BCUT2D eigenvalue weighted by atomic mass is 10.1. The fourth-order valence-electron chi connectivity index (χ4n) is 2.69. The SMILES string of the molecule is N#C/C(=C\c1ccc(-c2ccc(Cl)c([N+](=O)[O-])c2)o1)Sc1nc2ccccc2[nH]1. The van der Waals surface area contributed by atoms with Gasteiger partial charge in [-0.1, -0.05) is 23.7 Å². The normalized spacial score (nSPS) is 11.5. The third kappa shape index (κ3) is 4.01. The number of nitrogens with zero attached hydrogens (tertiary/aromatic N) is 3. The average molecular weight is 423 g/mol. The second kappa shape index (κ2) is 7.83. The molecule has 0 bridgehead atoms. The summed E-state index contributed by atoms with van der Waals surface area (Å²) in [5.74, 6) is 0.875. The van der Waals surface area contributed by atoms with Gasteiger partial charge in [0, 0.05) is 17.7 Å². The van der Waals surface area contributed by atoms with Crippen LogP contribution in [0.25, 0.3) is 28.4 Å². The largest absolute Gasteiger partial charge is 0.457 e. The van der Waals surface area contributed by atoms with E-state index in [0.29, 0.717) is 27.1 Å². The van der Waals surface area contributed by atoms with Crippen molar-refractivity contribution in [3.05, 3.63) is 80.4 Å². The fourth-order valence-corrected chi connectivity index (χ4v) is 3.61. The minimum absolute atomic E-state index is 0.0550. The maximum absolute atomic E-state index is 11.1. The van der Waals surface area contributed by atoms with Gasteiger partial charge in [0.2, 0.25) is 0 Å². The van der Waals surface area contributed by atoms with E-state index in [-0.39, 0.29) is 10.7 Å². The van der Waals surface area contributed by atoms with E-state index in [4.69, 9.17) is 16.0 Å². The third-order valence-electron chi connectivity index (χ3n) is 4.01. The van der Waals surface area contributed by atoms with Gasteiger partial charge in [0.25, 0.3) is 5.69 Å². The molecule has 4 aromatic rings. The van der Waals surface area contributed by atoms with Crippen molar-refractivity contribution >= 4 is 46.2 Å². The summed E-state index contributed by atoms with van der Waals surface area (Å²) in [6.07, 6.45) is 1.59. The first-order valence-electron chi connectivity index (χ1n) is 8.32. The number of hydrogen-bond acceptors (Lipinski definition) is 6. The molecule has 9 heteroatoms. The second-order valence-electron chi connectivity index (χ2n) is 5.91. The molecule has 29 heavy (non-hydrogen) atoms. The molecule has 2 heterocycles. The van der Waals surface area contributed by atoms with Crippen molar-refractivity contribution in [1.82, 2.24) is 9.97 Å². The number of fused-ring (bicyclic) bond motifs is 1. The highest BCUT2D eigenvalue weighted by atomic mass is 35.5. The number of nitrogens with one attached hydrogen (secondary N) is 1. The van der Waals surface area contributed by atoms with Crippen molar-refractivity contribution in [1.29, 1.82) is 5.26 Å². The van der Waals surface area contributed by atoms with Crippen LogP contribution in [0.1, 0.15) is 5.76 Å². The van der Waals surface area contributed by atoms with Gasteiger partial charge in [-0.2, -0.15) is 5.26 Å². The molecular weight excluding hydrogens is 412 g/mol. The number of rotatable bonds is 5. The van der Waals surface area contributed by atoms with Gasteiger partial charge in [0.1, 0.15) is 22.6 Å². The monoisotopic (exact) mass is 422 g/mol. The molecule has 4 rings (SSSR count). The summed E-state index contributed by atoms with van der Waals surface area (Å²) in [6.45, 7) is 0. The first-order valence-corrected chi connectivity index (χ1v) is 9.51. The number of nitro groups is 1. The average Bonchev–Trinajstić information content (AvgIpc) is 3.34. The topological polar surface area (TPSA) is 109 Å². The van der Waals surface area contributed by atoms with Crippen molar-refractivity contribution in [3.63, 3.8) is 0 Å². The molecule has 0 saturated heterocycles. The number of allylic oxidation sites excluding steroid dienone is 1. The Bertz CT molecular complexity index is 1270. The summed E-state index contributed by atoms with van der Waals surface area (Å²) in [4.78, 5) is 18.5. The van der Waals surface area contributed by atoms with E-state index in [2.05, 4.69) is 16.0 Å². The lowest BCUT2D eigenvalue weighted by Gasteiger charge is -1.99. The van der Waals surface area contributed by atoms with Gasteiger partial charge in [0.05, 0.1) is 20.9 Å². The van der Waals surface area contributed by atoms with Crippen LogP contribution >= 0.6 is 23.4 Å². The number of furan rings is 1. The van der Waals surface area contributed by atoms with Gasteiger partial charge < -0.3 is 9.40 Å². The van der Waals surface area contributed by atoms with Crippen molar-refractivity contribution in [2.45, 2.75) is 5.16 Å². The van der Waals surface area contributed by atoms with Gasteiger partial charge in [-0.25, -0.2) is 4.98 Å². The molecule has 0 spiro atoms.